The van der Waals surface area contributed by atoms with Crippen LogP contribution in [-0.4, -0.2) is 120 Å². The summed E-state index contributed by atoms with van der Waals surface area (Å²) in [5, 5.41) is 60.5. The Morgan fingerprint density at radius 1 is 0.974 bits per heavy atom. The first-order chi connectivity index (χ1) is 17.2. The van der Waals surface area contributed by atoms with E-state index >= 15 is 0 Å². The topological polar surface area (TPSA) is 191 Å². The third-order valence-electron chi connectivity index (χ3n) is 11.0. The molecule has 1 saturated heterocycles. The molecule has 6 N–H and O–H groups in total. The first-order valence-electron chi connectivity index (χ1n) is 13.3. The summed E-state index contributed by atoms with van der Waals surface area (Å²) < 4.78 is 11.2. The summed E-state index contributed by atoms with van der Waals surface area (Å²) in [6, 6.07) is 0. The summed E-state index contributed by atoms with van der Waals surface area (Å²) in [6.45, 7) is 3.88. The van der Waals surface area contributed by atoms with E-state index in [1.807, 2.05) is 0 Å². The van der Waals surface area contributed by atoms with Gasteiger partial charge < -0.3 is 40.1 Å². The van der Waals surface area contributed by atoms with Crippen molar-refractivity contribution in [3.63, 3.8) is 0 Å². The zero-order valence-corrected chi connectivity index (χ0v) is 24.2. The van der Waals surface area contributed by atoms with Gasteiger partial charge in [-0.25, -0.2) is 9.59 Å². The van der Waals surface area contributed by atoms with Crippen LogP contribution in [-0.2, 0) is 23.9 Å². The molecule has 12 heteroatoms. The smallest absolute Gasteiger partial charge is 0.336 e. The van der Waals surface area contributed by atoms with Gasteiger partial charge in [0.05, 0.1) is 6.10 Å². The number of carboxylic acids is 2. The van der Waals surface area contributed by atoms with Crippen molar-refractivity contribution in [2.45, 2.75) is 108 Å². The van der Waals surface area contributed by atoms with Crippen molar-refractivity contribution in [2.24, 2.45) is 34.5 Å². The van der Waals surface area contributed by atoms with Crippen molar-refractivity contribution in [1.29, 1.82) is 0 Å². The molecule has 38 heavy (non-hydrogen) atoms. The standard InChI is InChI=1S/C26H38O11.Na/c1-24-7-5-12(36-22-19(30)17(28)18(29)20(37-22)21(31)32)9-11(24)3-4-13-14-6-8-26(35,23(33)34)25(14,2)10-15(27)16(13)24;/h11-14,16-20,22,28-30,35H,3-10H2,1-2H3,(H,31,32)(H,33,34);. The van der Waals surface area contributed by atoms with Crippen LogP contribution in [0.2, 0.25) is 0 Å². The Bertz CT molecular complexity index is 977. The minimum absolute atomic E-state index is 0. The summed E-state index contributed by atoms with van der Waals surface area (Å²) in [5.74, 6) is -2.85. The summed E-state index contributed by atoms with van der Waals surface area (Å²) in [5.41, 5.74) is -3.20. The fourth-order valence-corrected chi connectivity index (χ4v) is 8.87. The normalized spacial score (nSPS) is 52.2. The van der Waals surface area contributed by atoms with Crippen LogP contribution in [0.3, 0.4) is 0 Å². The second-order valence-corrected chi connectivity index (χ2v) is 12.6. The molecule has 0 bridgehead atoms. The Balaban J connectivity index is 0.00000336. The summed E-state index contributed by atoms with van der Waals surface area (Å²) in [6.07, 6.45) is -4.57. The monoisotopic (exact) mass is 549 g/mol. The van der Waals surface area contributed by atoms with Gasteiger partial charge in [-0.2, -0.15) is 0 Å². The fraction of sp³-hybridized carbons (Fsp3) is 0.885. The van der Waals surface area contributed by atoms with E-state index < -0.39 is 59.8 Å². The molecule has 0 spiro atoms. The number of carbonyl (C=O) groups excluding carboxylic acids is 1. The van der Waals surface area contributed by atoms with Gasteiger partial charge in [0.2, 0.25) is 0 Å². The van der Waals surface area contributed by atoms with Gasteiger partial charge >= 0.3 is 11.9 Å². The van der Waals surface area contributed by atoms with Crippen LogP contribution in [0.25, 0.3) is 0 Å². The van der Waals surface area contributed by atoms with Crippen LogP contribution < -0.4 is 0 Å². The maximum Gasteiger partial charge on any atom is 0.336 e. The van der Waals surface area contributed by atoms with Crippen molar-refractivity contribution in [2.75, 3.05) is 0 Å². The van der Waals surface area contributed by atoms with Crippen molar-refractivity contribution < 1.29 is 54.5 Å². The predicted octanol–water partition coefficient (Wildman–Crippen LogP) is -0.0796. The Hall–Kier alpha value is -0.630. The number of aliphatic hydroxyl groups excluding tert-OH is 3. The van der Waals surface area contributed by atoms with E-state index in [1.54, 1.807) is 6.92 Å². The predicted molar refractivity (Wildman–Crippen MR) is 130 cm³/mol. The zero-order chi connectivity index (χ0) is 27.1. The minimum atomic E-state index is -1.89. The molecule has 1 aliphatic heterocycles. The quantitative estimate of drug-likeness (QED) is 0.203. The SMILES string of the molecule is CC12CCC(OC3OC(C(=O)O)C(O)C(O)C3O)CC1CCC1C2C(=O)CC2(C)C1CCC2(O)C(=O)O.[Na]. The van der Waals surface area contributed by atoms with Crippen molar-refractivity contribution in [3.8, 4) is 0 Å². The molecule has 1 radical (unpaired) electrons. The van der Waals surface area contributed by atoms with Gasteiger partial charge in [0.1, 0.15) is 24.1 Å². The molecule has 5 aliphatic rings. The zero-order valence-electron chi connectivity index (χ0n) is 22.2. The Morgan fingerprint density at radius 3 is 2.29 bits per heavy atom. The van der Waals surface area contributed by atoms with Crippen molar-refractivity contribution >= 4 is 47.3 Å². The molecule has 4 saturated carbocycles. The van der Waals surface area contributed by atoms with Gasteiger partial charge in [0.25, 0.3) is 0 Å². The molecule has 0 aromatic carbocycles. The van der Waals surface area contributed by atoms with E-state index in [1.165, 1.54) is 0 Å². The molecule has 0 aromatic heterocycles. The van der Waals surface area contributed by atoms with Crippen molar-refractivity contribution in [1.82, 2.24) is 0 Å². The number of ketones is 1. The number of Topliss-reactive ketones (excluding diaryl/α,β-unsaturated/α-hetero) is 1. The van der Waals surface area contributed by atoms with E-state index in [2.05, 4.69) is 6.92 Å². The average molecular weight is 550 g/mol. The summed E-state index contributed by atoms with van der Waals surface area (Å²) in [4.78, 5) is 37.1. The van der Waals surface area contributed by atoms with Gasteiger partial charge in [-0.3, -0.25) is 4.79 Å². The second kappa shape index (κ2) is 10.3. The maximum atomic E-state index is 13.7. The third kappa shape index (κ3) is 4.32. The number of hydrogen-bond acceptors (Lipinski definition) is 9. The van der Waals surface area contributed by atoms with Crippen LogP contribution >= 0.6 is 0 Å². The molecule has 0 aromatic rings. The number of carbonyl (C=O) groups is 3. The van der Waals surface area contributed by atoms with E-state index in [9.17, 15) is 45.0 Å². The van der Waals surface area contributed by atoms with E-state index in [4.69, 9.17) is 9.47 Å². The number of carboxylic acid groups (broad SMARTS) is 2. The van der Waals surface area contributed by atoms with Crippen molar-refractivity contribution in [3.05, 3.63) is 0 Å². The van der Waals surface area contributed by atoms with Gasteiger partial charge in [-0.05, 0) is 68.1 Å². The number of aliphatic hydroxyl groups is 4. The fourth-order valence-electron chi connectivity index (χ4n) is 8.87. The minimum Gasteiger partial charge on any atom is -0.479 e. The Kier molecular flexibility index (Phi) is 8.24. The number of rotatable bonds is 4. The van der Waals surface area contributed by atoms with Gasteiger partial charge in [-0.15, -0.1) is 0 Å². The van der Waals surface area contributed by atoms with Crippen LogP contribution in [0.4, 0.5) is 0 Å². The number of hydrogen-bond donors (Lipinski definition) is 6. The molecule has 5 fully saturated rings. The molecule has 11 nitrogen and oxygen atoms in total. The average Bonchev–Trinajstić information content (AvgIpc) is 3.10. The van der Waals surface area contributed by atoms with Gasteiger partial charge in [0.15, 0.2) is 18.0 Å². The number of aliphatic carboxylic acids is 2. The number of fused-ring (bicyclic) bond motifs is 5. The second-order valence-electron chi connectivity index (χ2n) is 12.6. The van der Waals surface area contributed by atoms with Crippen LogP contribution in [0.5, 0.6) is 0 Å². The molecule has 4 aliphatic carbocycles. The maximum absolute atomic E-state index is 13.7. The molecule has 5 rings (SSSR count). The molecular weight excluding hydrogens is 511 g/mol. The summed E-state index contributed by atoms with van der Waals surface area (Å²) in [7, 11) is 0. The van der Waals surface area contributed by atoms with Crippen LogP contribution in [0.1, 0.15) is 65.2 Å². The molecule has 1 heterocycles. The first-order valence-corrected chi connectivity index (χ1v) is 13.3. The van der Waals surface area contributed by atoms with Gasteiger partial charge in [-0.1, -0.05) is 13.8 Å². The largest absolute Gasteiger partial charge is 0.479 e. The van der Waals surface area contributed by atoms with Crippen LogP contribution in [0.15, 0.2) is 0 Å². The Labute approximate surface area is 243 Å². The molecular formula is C26H38NaO11. The molecule has 209 valence electrons. The van der Waals surface area contributed by atoms with Crippen LogP contribution in [0, 0.1) is 34.5 Å². The number of ether oxygens (including phenoxy) is 2. The Morgan fingerprint density at radius 2 is 1.66 bits per heavy atom. The van der Waals surface area contributed by atoms with Gasteiger partial charge in [0, 0.05) is 47.3 Å². The van der Waals surface area contributed by atoms with E-state index in [0.717, 1.165) is 12.8 Å². The third-order valence-corrected chi connectivity index (χ3v) is 11.0. The molecule has 13 atom stereocenters. The summed E-state index contributed by atoms with van der Waals surface area (Å²) >= 11 is 0. The van der Waals surface area contributed by atoms with E-state index in [-0.39, 0.29) is 77.3 Å². The first kappa shape index (κ1) is 30.3. The molecule has 0 amide bonds. The molecule has 13 unspecified atom stereocenters. The van der Waals surface area contributed by atoms with E-state index in [0.29, 0.717) is 25.7 Å².